The van der Waals surface area contributed by atoms with E-state index in [1.165, 1.54) is 14.2 Å². The Morgan fingerprint density at radius 1 is 0.812 bits per heavy atom. The third-order valence-electron chi connectivity index (χ3n) is 5.54. The van der Waals surface area contributed by atoms with E-state index in [0.717, 1.165) is 16.7 Å². The summed E-state index contributed by atoms with van der Waals surface area (Å²) in [5.74, 6) is -1.59. The zero-order valence-corrected chi connectivity index (χ0v) is 19.6. The van der Waals surface area contributed by atoms with Crippen LogP contribution in [0.15, 0.2) is 91.0 Å². The van der Waals surface area contributed by atoms with E-state index in [9.17, 15) is 9.36 Å². The summed E-state index contributed by atoms with van der Waals surface area (Å²) in [6.07, 6.45) is 0.0685. The van der Waals surface area contributed by atoms with Crippen molar-refractivity contribution in [1.82, 2.24) is 5.32 Å². The summed E-state index contributed by atoms with van der Waals surface area (Å²) < 4.78 is 24.8. The van der Waals surface area contributed by atoms with E-state index in [4.69, 9.17) is 9.26 Å². The van der Waals surface area contributed by atoms with Crippen molar-refractivity contribution in [3.05, 3.63) is 108 Å². The molecule has 168 valence electrons. The fraction of sp³-hybridized carbons (Fsp3) is 0.269. The van der Waals surface area contributed by atoms with Crippen molar-refractivity contribution in [1.29, 1.82) is 0 Å². The van der Waals surface area contributed by atoms with Crippen LogP contribution in [0.2, 0.25) is 0 Å². The van der Waals surface area contributed by atoms with Crippen LogP contribution in [-0.4, -0.2) is 26.4 Å². The van der Waals surface area contributed by atoms with Gasteiger partial charge in [-0.3, -0.25) is 14.7 Å². The number of nitrogens with one attached hydrogen (secondary N) is 1. The fourth-order valence-corrected chi connectivity index (χ4v) is 6.33. The van der Waals surface area contributed by atoms with Gasteiger partial charge in [-0.2, -0.15) is 0 Å². The summed E-state index contributed by atoms with van der Waals surface area (Å²) in [6.45, 7) is 1.71. The summed E-state index contributed by atoms with van der Waals surface area (Å²) in [4.78, 5) is 12.1. The Kier molecular flexibility index (Phi) is 8.40. The van der Waals surface area contributed by atoms with Crippen molar-refractivity contribution in [2.45, 2.75) is 18.7 Å². The van der Waals surface area contributed by atoms with Crippen LogP contribution in [0.1, 0.15) is 35.4 Å². The van der Waals surface area contributed by atoms with Gasteiger partial charge in [0, 0.05) is 13.3 Å². The topological polar surface area (TPSA) is 64.6 Å². The Morgan fingerprint density at radius 2 is 1.25 bits per heavy atom. The van der Waals surface area contributed by atoms with Gasteiger partial charge in [0.25, 0.3) is 0 Å². The second-order valence-electron chi connectivity index (χ2n) is 7.75. The largest absolute Gasteiger partial charge is 0.469 e. The van der Waals surface area contributed by atoms with Crippen LogP contribution in [0, 0.1) is 5.92 Å². The second-order valence-corrected chi connectivity index (χ2v) is 10.4. The van der Waals surface area contributed by atoms with Crippen LogP contribution in [0.5, 0.6) is 0 Å². The first-order valence-electron chi connectivity index (χ1n) is 10.6. The third-order valence-corrected chi connectivity index (χ3v) is 8.45. The van der Waals surface area contributed by atoms with Gasteiger partial charge in [-0.15, -0.1) is 0 Å². The first-order chi connectivity index (χ1) is 15.5. The van der Waals surface area contributed by atoms with Crippen LogP contribution in [0.3, 0.4) is 0 Å². The zero-order chi connectivity index (χ0) is 23.0. The average molecular weight is 452 g/mol. The Bertz CT molecular complexity index is 988. The monoisotopic (exact) mass is 451 g/mol. The van der Waals surface area contributed by atoms with Crippen LogP contribution < -0.4 is 5.32 Å². The molecule has 0 fully saturated rings. The van der Waals surface area contributed by atoms with E-state index in [2.05, 4.69) is 5.32 Å². The number of rotatable bonds is 10. The molecule has 32 heavy (non-hydrogen) atoms. The first-order valence-corrected chi connectivity index (χ1v) is 12.5. The highest BCUT2D eigenvalue weighted by molar-refractivity contribution is 7.59. The van der Waals surface area contributed by atoms with Crippen LogP contribution in [0.25, 0.3) is 0 Å². The fourth-order valence-electron chi connectivity index (χ4n) is 3.85. The highest BCUT2D eigenvalue weighted by Gasteiger charge is 2.39. The lowest BCUT2D eigenvalue weighted by Gasteiger charge is -2.33. The predicted octanol–water partition coefficient (Wildman–Crippen LogP) is 5.80. The van der Waals surface area contributed by atoms with E-state index in [-0.39, 0.29) is 12.2 Å². The molecule has 3 atom stereocenters. The van der Waals surface area contributed by atoms with Gasteiger partial charge in [0.05, 0.1) is 19.1 Å². The van der Waals surface area contributed by atoms with Gasteiger partial charge in [-0.1, -0.05) is 97.9 Å². The minimum Gasteiger partial charge on any atom is -0.469 e. The van der Waals surface area contributed by atoms with E-state index in [1.54, 1.807) is 6.92 Å². The maximum Gasteiger partial charge on any atom is 0.308 e. The molecule has 1 unspecified atom stereocenters. The molecule has 6 heteroatoms. The standard InChI is InChI=1S/C26H30NO4P/c1-20(26(28)30-2)19-32(29,31-3)25(23-17-11-6-12-18-23)27-24(21-13-7-4-8-14-21)22-15-9-5-10-16-22/h4-18,20,24-25,27H,19H2,1-3H3/t20-,25+,32?/m1/s1. The van der Waals surface area contributed by atoms with E-state index < -0.39 is 25.0 Å². The molecule has 0 aliphatic heterocycles. The molecule has 3 rings (SSSR count). The molecule has 0 amide bonds. The van der Waals surface area contributed by atoms with Gasteiger partial charge in [0.2, 0.25) is 7.37 Å². The number of ether oxygens (including phenoxy) is 1. The van der Waals surface area contributed by atoms with Crippen LogP contribution in [0.4, 0.5) is 0 Å². The normalized spacial score (nSPS) is 15.0. The van der Waals surface area contributed by atoms with Crippen molar-refractivity contribution in [2.75, 3.05) is 20.4 Å². The highest BCUT2D eigenvalue weighted by Crippen LogP contribution is 2.60. The molecule has 0 radical (unpaired) electrons. The molecule has 0 aromatic heterocycles. The maximum absolute atomic E-state index is 14.2. The quantitative estimate of drug-likeness (QED) is 0.312. The number of carbonyl (C=O) groups excluding carboxylic acids is 1. The number of methoxy groups -OCH3 is 1. The van der Waals surface area contributed by atoms with Gasteiger partial charge in [0.15, 0.2) is 0 Å². The predicted molar refractivity (Wildman–Crippen MR) is 128 cm³/mol. The molecule has 5 nitrogen and oxygen atoms in total. The average Bonchev–Trinajstić information content (AvgIpc) is 2.85. The number of hydrogen-bond donors (Lipinski definition) is 1. The lowest BCUT2D eigenvalue weighted by Crippen LogP contribution is -2.30. The van der Waals surface area contributed by atoms with Crippen molar-refractivity contribution < 1.29 is 18.6 Å². The zero-order valence-electron chi connectivity index (χ0n) is 18.7. The molecule has 0 aliphatic rings. The van der Waals surface area contributed by atoms with Crippen LogP contribution >= 0.6 is 7.37 Å². The Labute approximate surface area is 190 Å². The molecule has 1 N–H and O–H groups in total. The van der Waals surface area contributed by atoms with Crippen molar-refractivity contribution in [3.63, 3.8) is 0 Å². The van der Waals surface area contributed by atoms with Gasteiger partial charge in [0.1, 0.15) is 5.78 Å². The Morgan fingerprint density at radius 3 is 1.66 bits per heavy atom. The maximum atomic E-state index is 14.2. The molecule has 0 spiro atoms. The Hall–Kier alpha value is -2.72. The number of benzene rings is 3. The van der Waals surface area contributed by atoms with Crippen molar-refractivity contribution in [3.8, 4) is 0 Å². The number of carbonyl (C=O) groups is 1. The highest BCUT2D eigenvalue weighted by atomic mass is 31.2. The summed E-state index contributed by atoms with van der Waals surface area (Å²) in [7, 11) is -0.578. The van der Waals surface area contributed by atoms with Crippen molar-refractivity contribution in [2.24, 2.45) is 5.92 Å². The molecule has 0 saturated carbocycles. The second kappa shape index (κ2) is 11.2. The molecule has 0 aliphatic carbocycles. The van der Waals surface area contributed by atoms with Gasteiger partial charge in [-0.25, -0.2) is 0 Å². The summed E-state index contributed by atoms with van der Waals surface area (Å²) in [5, 5.41) is 3.62. The lowest BCUT2D eigenvalue weighted by atomic mass is 9.98. The number of hydrogen-bond acceptors (Lipinski definition) is 5. The molecule has 3 aromatic carbocycles. The molecule has 0 bridgehead atoms. The Balaban J connectivity index is 2.06. The van der Waals surface area contributed by atoms with Gasteiger partial charge >= 0.3 is 5.97 Å². The van der Waals surface area contributed by atoms with Crippen LogP contribution in [-0.2, 0) is 18.6 Å². The van der Waals surface area contributed by atoms with Crippen molar-refractivity contribution >= 4 is 13.3 Å². The molecular formula is C26H30NO4P. The molecule has 0 saturated heterocycles. The summed E-state index contributed by atoms with van der Waals surface area (Å²) >= 11 is 0. The van der Waals surface area contributed by atoms with E-state index >= 15 is 0 Å². The summed E-state index contributed by atoms with van der Waals surface area (Å²) in [5.41, 5.74) is 2.93. The lowest BCUT2D eigenvalue weighted by molar-refractivity contribution is -0.144. The van der Waals surface area contributed by atoms with Gasteiger partial charge < -0.3 is 9.26 Å². The SMILES string of the molecule is COC(=O)[C@H](C)CP(=O)(OC)[C@H](NC(c1ccccc1)c1ccccc1)c1ccccc1. The number of esters is 1. The smallest absolute Gasteiger partial charge is 0.308 e. The van der Waals surface area contributed by atoms with E-state index in [0.29, 0.717) is 0 Å². The molecular weight excluding hydrogens is 421 g/mol. The van der Waals surface area contributed by atoms with E-state index in [1.807, 2.05) is 91.0 Å². The first kappa shape index (κ1) is 23.9. The molecule has 0 heterocycles. The minimum absolute atomic E-state index is 0.0685. The molecule has 3 aromatic rings. The van der Waals surface area contributed by atoms with Gasteiger partial charge in [-0.05, 0) is 16.7 Å². The minimum atomic E-state index is -3.36. The third kappa shape index (κ3) is 5.74. The summed E-state index contributed by atoms with van der Waals surface area (Å²) in [6, 6.07) is 29.4.